The molecular formula is C25H29N3O3. The molecule has 4 rings (SSSR count). The van der Waals surface area contributed by atoms with Gasteiger partial charge >= 0.3 is 6.03 Å². The lowest BCUT2D eigenvalue weighted by Crippen LogP contribution is -2.51. The van der Waals surface area contributed by atoms with E-state index < -0.39 is 11.6 Å². The highest BCUT2D eigenvalue weighted by atomic mass is 16.2. The van der Waals surface area contributed by atoms with Crippen LogP contribution in [0.15, 0.2) is 54.6 Å². The lowest BCUT2D eigenvalue weighted by atomic mass is 9.75. The van der Waals surface area contributed by atoms with E-state index in [1.165, 1.54) is 6.42 Å². The van der Waals surface area contributed by atoms with Gasteiger partial charge in [-0.3, -0.25) is 14.5 Å². The number of benzene rings is 2. The molecule has 2 N–H and O–H groups in total. The van der Waals surface area contributed by atoms with Crippen molar-refractivity contribution in [2.75, 3.05) is 11.9 Å². The molecule has 0 bridgehead atoms. The van der Waals surface area contributed by atoms with Crippen LogP contribution in [0.3, 0.4) is 0 Å². The number of amides is 4. The molecule has 1 aliphatic heterocycles. The Morgan fingerprint density at radius 2 is 1.71 bits per heavy atom. The number of para-hydroxylation sites is 1. The number of hydrogen-bond acceptors (Lipinski definition) is 3. The molecule has 0 aromatic heterocycles. The minimum atomic E-state index is -0.914. The van der Waals surface area contributed by atoms with E-state index in [-0.39, 0.29) is 24.3 Å². The predicted octanol–water partition coefficient (Wildman–Crippen LogP) is 4.11. The fourth-order valence-electron chi connectivity index (χ4n) is 4.76. The third-order valence-corrected chi connectivity index (χ3v) is 6.55. The van der Waals surface area contributed by atoms with Crippen LogP contribution in [0.5, 0.6) is 0 Å². The van der Waals surface area contributed by atoms with Gasteiger partial charge in [0, 0.05) is 5.69 Å². The van der Waals surface area contributed by atoms with Crippen LogP contribution in [0.4, 0.5) is 10.5 Å². The maximum Gasteiger partial charge on any atom is 0.325 e. The number of nitrogens with zero attached hydrogens (tertiary/aromatic N) is 1. The summed E-state index contributed by atoms with van der Waals surface area (Å²) in [5, 5.41) is 5.76. The first-order valence-corrected chi connectivity index (χ1v) is 11.0. The largest absolute Gasteiger partial charge is 0.325 e. The smallest absolute Gasteiger partial charge is 0.324 e. The number of rotatable bonds is 6. The van der Waals surface area contributed by atoms with Crippen LogP contribution < -0.4 is 10.6 Å². The zero-order valence-corrected chi connectivity index (χ0v) is 17.9. The molecule has 0 unspecified atom stereocenters. The average molecular weight is 420 g/mol. The molecule has 6 heteroatoms. The van der Waals surface area contributed by atoms with Crippen molar-refractivity contribution >= 4 is 23.5 Å². The van der Waals surface area contributed by atoms with E-state index in [0.29, 0.717) is 12.1 Å². The molecule has 1 aliphatic carbocycles. The second-order valence-electron chi connectivity index (χ2n) is 8.73. The van der Waals surface area contributed by atoms with Gasteiger partial charge in [-0.05, 0) is 49.3 Å². The van der Waals surface area contributed by atoms with Gasteiger partial charge in [-0.2, -0.15) is 0 Å². The summed E-state index contributed by atoms with van der Waals surface area (Å²) in [6, 6.07) is 17.1. The van der Waals surface area contributed by atoms with Gasteiger partial charge in [-0.1, -0.05) is 67.8 Å². The van der Waals surface area contributed by atoms with E-state index >= 15 is 0 Å². The maximum atomic E-state index is 13.1. The van der Waals surface area contributed by atoms with Crippen LogP contribution in [0, 0.1) is 5.92 Å². The molecular weight excluding hydrogens is 390 g/mol. The molecule has 0 radical (unpaired) electrons. The van der Waals surface area contributed by atoms with Gasteiger partial charge in [0.15, 0.2) is 0 Å². The number of urea groups is 1. The van der Waals surface area contributed by atoms with Crippen LogP contribution in [0.1, 0.15) is 50.2 Å². The first-order valence-electron chi connectivity index (χ1n) is 11.0. The van der Waals surface area contributed by atoms with Crippen molar-refractivity contribution in [1.29, 1.82) is 0 Å². The Bertz CT molecular complexity index is 969. The Morgan fingerprint density at radius 1 is 1.03 bits per heavy atom. The fraction of sp³-hybridized carbons (Fsp3) is 0.400. The second kappa shape index (κ2) is 8.92. The highest BCUT2D eigenvalue weighted by Crippen LogP contribution is 2.36. The Hall–Kier alpha value is -3.15. The second-order valence-corrected chi connectivity index (χ2v) is 8.73. The van der Waals surface area contributed by atoms with Crippen LogP contribution in [0.25, 0.3) is 0 Å². The number of anilines is 1. The summed E-state index contributed by atoms with van der Waals surface area (Å²) in [5.74, 6) is -0.550. The lowest BCUT2D eigenvalue weighted by molar-refractivity contribution is -0.135. The number of nitrogens with one attached hydrogen (secondary N) is 2. The van der Waals surface area contributed by atoms with Gasteiger partial charge in [-0.15, -0.1) is 0 Å². The molecule has 1 heterocycles. The highest BCUT2D eigenvalue weighted by Gasteiger charge is 2.52. The SMILES string of the molecule is C[C@]1(C2CCCCC2)NC(=O)N(CC(=O)Nc2ccccc2Cc2ccccc2)C1=O. The minimum absolute atomic E-state index is 0.123. The van der Waals surface area contributed by atoms with Crippen molar-refractivity contribution in [3.05, 3.63) is 65.7 Å². The number of carbonyl (C=O) groups is 3. The number of carbonyl (C=O) groups excluding carboxylic acids is 3. The third kappa shape index (κ3) is 4.48. The van der Waals surface area contributed by atoms with Crippen LogP contribution in [-0.2, 0) is 16.0 Å². The summed E-state index contributed by atoms with van der Waals surface area (Å²) >= 11 is 0. The van der Waals surface area contributed by atoms with Crippen LogP contribution in [-0.4, -0.2) is 34.8 Å². The van der Waals surface area contributed by atoms with Crippen molar-refractivity contribution in [3.63, 3.8) is 0 Å². The molecule has 1 atom stereocenters. The Balaban J connectivity index is 1.43. The van der Waals surface area contributed by atoms with E-state index in [9.17, 15) is 14.4 Å². The summed E-state index contributed by atoms with van der Waals surface area (Å²) in [6.07, 6.45) is 5.85. The van der Waals surface area contributed by atoms with E-state index in [2.05, 4.69) is 10.6 Å². The van der Waals surface area contributed by atoms with Gasteiger partial charge < -0.3 is 10.6 Å². The van der Waals surface area contributed by atoms with Gasteiger partial charge in [0.25, 0.3) is 5.91 Å². The van der Waals surface area contributed by atoms with Crippen molar-refractivity contribution in [3.8, 4) is 0 Å². The van der Waals surface area contributed by atoms with Crippen LogP contribution in [0.2, 0.25) is 0 Å². The van der Waals surface area contributed by atoms with Crippen molar-refractivity contribution in [1.82, 2.24) is 10.2 Å². The zero-order chi connectivity index (χ0) is 21.8. The summed E-state index contributed by atoms with van der Waals surface area (Å²) in [7, 11) is 0. The number of hydrogen-bond donors (Lipinski definition) is 2. The fourth-order valence-corrected chi connectivity index (χ4v) is 4.76. The molecule has 31 heavy (non-hydrogen) atoms. The summed E-state index contributed by atoms with van der Waals surface area (Å²) in [6.45, 7) is 1.52. The quantitative estimate of drug-likeness (QED) is 0.692. The minimum Gasteiger partial charge on any atom is -0.324 e. The predicted molar refractivity (Wildman–Crippen MR) is 120 cm³/mol. The van der Waals surface area contributed by atoms with Gasteiger partial charge in [-0.25, -0.2) is 4.79 Å². The molecule has 0 spiro atoms. The maximum absolute atomic E-state index is 13.1. The van der Waals surface area contributed by atoms with Crippen LogP contribution >= 0.6 is 0 Å². The topological polar surface area (TPSA) is 78.5 Å². The molecule has 4 amide bonds. The van der Waals surface area contributed by atoms with Gasteiger partial charge in [0.1, 0.15) is 12.1 Å². The van der Waals surface area contributed by atoms with E-state index in [0.717, 1.165) is 41.7 Å². The zero-order valence-electron chi connectivity index (χ0n) is 17.9. The number of imide groups is 1. The molecule has 2 aliphatic rings. The third-order valence-electron chi connectivity index (χ3n) is 6.55. The van der Waals surface area contributed by atoms with Gasteiger partial charge in [0.05, 0.1) is 0 Å². The van der Waals surface area contributed by atoms with Crippen molar-refractivity contribution in [2.45, 2.75) is 51.0 Å². The van der Waals surface area contributed by atoms with E-state index in [1.807, 2.05) is 54.6 Å². The highest BCUT2D eigenvalue weighted by molar-refractivity contribution is 6.10. The van der Waals surface area contributed by atoms with Gasteiger partial charge in [0.2, 0.25) is 5.91 Å². The summed E-state index contributed by atoms with van der Waals surface area (Å²) in [4.78, 5) is 39.5. The molecule has 2 aromatic carbocycles. The molecule has 1 saturated heterocycles. The summed E-state index contributed by atoms with van der Waals surface area (Å²) < 4.78 is 0. The Labute approximate surface area is 183 Å². The van der Waals surface area contributed by atoms with E-state index in [4.69, 9.17) is 0 Å². The summed E-state index contributed by atoms with van der Waals surface area (Å²) in [5.41, 5.74) is 1.90. The monoisotopic (exact) mass is 419 g/mol. The lowest BCUT2D eigenvalue weighted by Gasteiger charge is -2.34. The molecule has 162 valence electrons. The standard InChI is InChI=1S/C25H29N3O3/c1-25(20-13-6-3-7-14-20)23(30)28(24(31)27-25)17-22(29)26-21-15-9-8-12-19(21)16-18-10-4-2-5-11-18/h2,4-5,8-12,15,20H,3,6-7,13-14,16-17H2,1H3,(H,26,29)(H,27,31)/t25-/m1/s1. The Morgan fingerprint density at radius 3 is 2.45 bits per heavy atom. The van der Waals surface area contributed by atoms with E-state index in [1.54, 1.807) is 6.92 Å². The first kappa shape index (κ1) is 21.1. The molecule has 2 fully saturated rings. The molecule has 2 aromatic rings. The average Bonchev–Trinajstić information content (AvgIpc) is 3.00. The molecule has 1 saturated carbocycles. The van der Waals surface area contributed by atoms with Crippen molar-refractivity contribution in [2.24, 2.45) is 5.92 Å². The Kier molecular flexibility index (Phi) is 6.07. The van der Waals surface area contributed by atoms with Crippen molar-refractivity contribution < 1.29 is 14.4 Å². The molecule has 6 nitrogen and oxygen atoms in total. The first-order chi connectivity index (χ1) is 15.0. The normalized spacial score (nSPS) is 21.8.